The minimum atomic E-state index is -1.58. The van der Waals surface area contributed by atoms with Crippen molar-refractivity contribution in [2.45, 2.75) is 43.0 Å². The first-order valence-electron chi connectivity index (χ1n) is 9.86. The summed E-state index contributed by atoms with van der Waals surface area (Å²) < 4.78 is 10.6. The predicted molar refractivity (Wildman–Crippen MR) is 106 cm³/mol. The Morgan fingerprint density at radius 3 is 2.39 bits per heavy atom. The van der Waals surface area contributed by atoms with Crippen molar-refractivity contribution in [1.82, 2.24) is 5.32 Å². The number of hydrogen-bond acceptors (Lipinski definition) is 8. The zero-order valence-electron chi connectivity index (χ0n) is 16.4. The van der Waals surface area contributed by atoms with E-state index in [0.29, 0.717) is 5.56 Å². The molecule has 1 heterocycles. The van der Waals surface area contributed by atoms with Crippen molar-refractivity contribution in [3.8, 4) is 5.75 Å². The van der Waals surface area contributed by atoms with Crippen LogP contribution in [0.15, 0.2) is 48.5 Å². The molecular formula is C22H23NO8. The first-order valence-corrected chi connectivity index (χ1v) is 9.86. The number of carbonyl (C=O) groups excluding carboxylic acids is 2. The van der Waals surface area contributed by atoms with E-state index in [1.807, 2.05) is 30.3 Å². The molecule has 0 radical (unpaired) electrons. The average molecular weight is 429 g/mol. The number of aliphatic hydroxyl groups is 4. The molecule has 9 heteroatoms. The van der Waals surface area contributed by atoms with Gasteiger partial charge in [-0.1, -0.05) is 36.4 Å². The highest BCUT2D eigenvalue weighted by Gasteiger charge is 2.52. The summed E-state index contributed by atoms with van der Waals surface area (Å²) >= 11 is 0. The smallest absolute Gasteiger partial charge is 0.344 e. The number of nitrogens with one attached hydrogen (secondary N) is 1. The van der Waals surface area contributed by atoms with E-state index in [1.165, 1.54) is 18.2 Å². The van der Waals surface area contributed by atoms with E-state index in [1.54, 1.807) is 0 Å². The number of benzene rings is 2. The molecule has 2 aliphatic rings. The number of carbonyl (C=O) groups is 2. The van der Waals surface area contributed by atoms with Gasteiger partial charge in [0.25, 0.3) is 5.91 Å². The first kappa shape index (κ1) is 21.3. The highest BCUT2D eigenvalue weighted by Crippen LogP contribution is 2.39. The lowest BCUT2D eigenvalue weighted by atomic mass is 9.70. The molecule has 31 heavy (non-hydrogen) atoms. The summed E-state index contributed by atoms with van der Waals surface area (Å²) in [5.41, 5.74) is 1.44. The predicted octanol–water partition coefficient (Wildman–Crippen LogP) is -0.538. The molecule has 9 nitrogen and oxygen atoms in total. The molecule has 4 rings (SSSR count). The topological polar surface area (TPSA) is 146 Å². The van der Waals surface area contributed by atoms with E-state index in [9.17, 15) is 30.0 Å². The lowest BCUT2D eigenvalue weighted by molar-refractivity contribution is -0.155. The van der Waals surface area contributed by atoms with Crippen LogP contribution < -0.4 is 10.1 Å². The largest absolute Gasteiger partial charge is 0.482 e. The number of esters is 1. The fourth-order valence-electron chi connectivity index (χ4n) is 4.07. The third-order valence-corrected chi connectivity index (χ3v) is 5.70. The Bertz CT molecular complexity index is 965. The second kappa shape index (κ2) is 8.64. The van der Waals surface area contributed by atoms with Crippen molar-refractivity contribution in [2.75, 3.05) is 6.61 Å². The quantitative estimate of drug-likeness (QED) is 0.399. The minimum absolute atomic E-state index is 0.118. The second-order valence-corrected chi connectivity index (χ2v) is 7.67. The minimum Gasteiger partial charge on any atom is -0.482 e. The molecule has 5 N–H and O–H groups in total. The summed E-state index contributed by atoms with van der Waals surface area (Å²) in [7, 11) is 0. The van der Waals surface area contributed by atoms with E-state index >= 15 is 0 Å². The fourth-order valence-corrected chi connectivity index (χ4v) is 4.07. The van der Waals surface area contributed by atoms with Crippen LogP contribution in [0.25, 0.3) is 0 Å². The van der Waals surface area contributed by atoms with Crippen LogP contribution in [0.1, 0.15) is 27.4 Å². The van der Waals surface area contributed by atoms with Gasteiger partial charge < -0.3 is 35.2 Å². The van der Waals surface area contributed by atoms with Crippen LogP contribution in [0.3, 0.4) is 0 Å². The Labute approximate surface area is 177 Å². The van der Waals surface area contributed by atoms with Crippen LogP contribution in [0.5, 0.6) is 5.75 Å². The molecule has 6 atom stereocenters. The molecule has 164 valence electrons. The Kier molecular flexibility index (Phi) is 5.92. The summed E-state index contributed by atoms with van der Waals surface area (Å²) in [5, 5.41) is 43.2. The highest BCUT2D eigenvalue weighted by molar-refractivity contribution is 5.98. The molecule has 2 aromatic carbocycles. The SMILES string of the molecule is O=C(COc1ccc2c(c1)C(=O)N[C@H]1[C@H](O)[C@H](O)[C@@H](O)[C@H](O)[C@H]21)OCc1ccccc1. The molecule has 0 bridgehead atoms. The molecular weight excluding hydrogens is 406 g/mol. The molecule has 1 amide bonds. The summed E-state index contributed by atoms with van der Waals surface area (Å²) in [6.45, 7) is -0.237. The van der Waals surface area contributed by atoms with Crippen LogP contribution in [0.2, 0.25) is 0 Å². The summed E-state index contributed by atoms with van der Waals surface area (Å²) in [4.78, 5) is 24.5. The van der Waals surface area contributed by atoms with Gasteiger partial charge in [-0.05, 0) is 23.3 Å². The number of amides is 1. The van der Waals surface area contributed by atoms with Crippen molar-refractivity contribution >= 4 is 11.9 Å². The third kappa shape index (κ3) is 4.13. The molecule has 1 aliphatic heterocycles. The van der Waals surface area contributed by atoms with Crippen molar-refractivity contribution in [3.63, 3.8) is 0 Å². The number of hydrogen-bond donors (Lipinski definition) is 5. The Morgan fingerprint density at radius 1 is 0.935 bits per heavy atom. The first-order chi connectivity index (χ1) is 14.9. The van der Waals surface area contributed by atoms with Gasteiger partial charge in [-0.3, -0.25) is 4.79 Å². The van der Waals surface area contributed by atoms with Gasteiger partial charge >= 0.3 is 5.97 Å². The highest BCUT2D eigenvalue weighted by atomic mass is 16.6. The second-order valence-electron chi connectivity index (χ2n) is 7.67. The van der Waals surface area contributed by atoms with E-state index in [-0.39, 0.29) is 24.5 Å². The number of ether oxygens (including phenoxy) is 2. The van der Waals surface area contributed by atoms with Gasteiger partial charge in [0.2, 0.25) is 0 Å². The van der Waals surface area contributed by atoms with Gasteiger partial charge in [-0.15, -0.1) is 0 Å². The van der Waals surface area contributed by atoms with Crippen LogP contribution in [-0.4, -0.2) is 69.4 Å². The van der Waals surface area contributed by atoms with Gasteiger partial charge in [0.1, 0.15) is 30.7 Å². The van der Waals surface area contributed by atoms with Crippen molar-refractivity contribution in [1.29, 1.82) is 0 Å². The molecule has 0 unspecified atom stereocenters. The van der Waals surface area contributed by atoms with E-state index < -0.39 is 48.3 Å². The average Bonchev–Trinajstić information content (AvgIpc) is 2.79. The standard InChI is InChI=1S/C22H23NO8/c24-15(31-9-11-4-2-1-3-5-11)10-30-12-6-7-13-14(8-12)22(29)23-17-16(13)18(25)20(27)21(28)19(17)26/h1-8,16-21,25-28H,9-10H2,(H,23,29)/t16-,17-,18-,19+,20+,21+/m1/s1. The van der Waals surface area contributed by atoms with Gasteiger partial charge in [-0.25, -0.2) is 4.79 Å². The van der Waals surface area contributed by atoms with E-state index in [4.69, 9.17) is 9.47 Å². The van der Waals surface area contributed by atoms with E-state index in [2.05, 4.69) is 5.32 Å². The molecule has 1 fully saturated rings. The van der Waals surface area contributed by atoms with Gasteiger partial charge in [0.05, 0.1) is 12.1 Å². The third-order valence-electron chi connectivity index (χ3n) is 5.70. The van der Waals surface area contributed by atoms with Crippen LogP contribution >= 0.6 is 0 Å². The fraction of sp³-hybridized carbons (Fsp3) is 0.364. The number of aliphatic hydroxyl groups excluding tert-OH is 4. The monoisotopic (exact) mass is 429 g/mol. The maximum atomic E-state index is 12.5. The summed E-state index contributed by atoms with van der Waals surface area (Å²) in [5.74, 6) is -1.67. The van der Waals surface area contributed by atoms with E-state index in [0.717, 1.165) is 5.56 Å². The van der Waals surface area contributed by atoms with Crippen molar-refractivity contribution in [2.24, 2.45) is 0 Å². The maximum absolute atomic E-state index is 12.5. The molecule has 0 spiro atoms. The molecule has 0 saturated heterocycles. The van der Waals surface area contributed by atoms with Gasteiger partial charge in [0, 0.05) is 11.5 Å². The lowest BCUT2D eigenvalue weighted by Gasteiger charge is -2.47. The van der Waals surface area contributed by atoms with Crippen LogP contribution in [0, 0.1) is 0 Å². The Hall–Kier alpha value is -2.98. The van der Waals surface area contributed by atoms with Crippen LogP contribution in [0.4, 0.5) is 0 Å². The molecule has 0 aromatic heterocycles. The Balaban J connectivity index is 1.44. The lowest BCUT2D eigenvalue weighted by Crippen LogP contribution is -2.66. The Morgan fingerprint density at radius 2 is 1.65 bits per heavy atom. The zero-order valence-corrected chi connectivity index (χ0v) is 16.4. The van der Waals surface area contributed by atoms with Crippen molar-refractivity contribution in [3.05, 3.63) is 65.2 Å². The molecule has 1 aliphatic carbocycles. The van der Waals surface area contributed by atoms with Gasteiger partial charge in [-0.2, -0.15) is 0 Å². The van der Waals surface area contributed by atoms with Gasteiger partial charge in [0.15, 0.2) is 6.61 Å². The number of rotatable bonds is 5. The van der Waals surface area contributed by atoms with Crippen LogP contribution in [-0.2, 0) is 16.1 Å². The normalized spacial score (nSPS) is 29.4. The van der Waals surface area contributed by atoms with Crippen molar-refractivity contribution < 1.29 is 39.5 Å². The molecule has 2 aromatic rings. The molecule has 1 saturated carbocycles. The number of fused-ring (bicyclic) bond motifs is 3. The maximum Gasteiger partial charge on any atom is 0.344 e. The zero-order chi connectivity index (χ0) is 22.1. The summed E-state index contributed by atoms with van der Waals surface area (Å²) in [6, 6.07) is 12.7. The summed E-state index contributed by atoms with van der Waals surface area (Å²) in [6.07, 6.45) is -5.96.